The third-order valence-corrected chi connectivity index (χ3v) is 3.59. The summed E-state index contributed by atoms with van der Waals surface area (Å²) in [4.78, 5) is 0. The minimum absolute atomic E-state index is 0.306. The van der Waals surface area contributed by atoms with E-state index in [0.717, 1.165) is 18.5 Å². The topological polar surface area (TPSA) is 29.9 Å². The molecule has 0 aliphatic rings. The minimum atomic E-state index is 0.306. The number of rotatable bonds is 5. The van der Waals surface area contributed by atoms with Gasteiger partial charge < -0.3 is 5.32 Å². The fourth-order valence-electron chi connectivity index (χ4n) is 2.36. The molecule has 0 saturated carbocycles. The SMILES string of the molecule is CCc1cc(C(Cc2ccc(C)cc2)NC)n(C)n1. The predicted octanol–water partition coefficient (Wildman–Crippen LogP) is 2.79. The van der Waals surface area contributed by atoms with E-state index in [1.165, 1.54) is 16.8 Å². The van der Waals surface area contributed by atoms with Gasteiger partial charge in [-0.05, 0) is 38.4 Å². The van der Waals surface area contributed by atoms with Gasteiger partial charge in [0.05, 0.1) is 17.4 Å². The van der Waals surface area contributed by atoms with Gasteiger partial charge in [-0.1, -0.05) is 36.8 Å². The predicted molar refractivity (Wildman–Crippen MR) is 79.3 cm³/mol. The van der Waals surface area contributed by atoms with Crippen LogP contribution in [0.4, 0.5) is 0 Å². The fourth-order valence-corrected chi connectivity index (χ4v) is 2.36. The molecule has 1 heterocycles. The van der Waals surface area contributed by atoms with Gasteiger partial charge in [0.1, 0.15) is 0 Å². The zero-order valence-electron chi connectivity index (χ0n) is 12.3. The quantitative estimate of drug-likeness (QED) is 0.892. The van der Waals surface area contributed by atoms with Crippen LogP contribution >= 0.6 is 0 Å². The van der Waals surface area contributed by atoms with Crippen LogP contribution in [0.5, 0.6) is 0 Å². The van der Waals surface area contributed by atoms with Gasteiger partial charge >= 0.3 is 0 Å². The van der Waals surface area contributed by atoms with Crippen LogP contribution in [0.25, 0.3) is 0 Å². The van der Waals surface area contributed by atoms with Crippen molar-refractivity contribution in [2.45, 2.75) is 32.7 Å². The number of nitrogens with one attached hydrogen (secondary N) is 1. The van der Waals surface area contributed by atoms with Crippen molar-refractivity contribution in [2.24, 2.45) is 7.05 Å². The molecular formula is C16H23N3. The molecular weight excluding hydrogens is 234 g/mol. The highest BCUT2D eigenvalue weighted by molar-refractivity contribution is 5.24. The van der Waals surface area contributed by atoms with Gasteiger partial charge in [-0.3, -0.25) is 4.68 Å². The Bertz CT molecular complexity index is 525. The number of benzene rings is 1. The second kappa shape index (κ2) is 6.02. The van der Waals surface area contributed by atoms with Crippen molar-refractivity contribution in [1.29, 1.82) is 0 Å². The van der Waals surface area contributed by atoms with E-state index >= 15 is 0 Å². The third kappa shape index (κ3) is 3.24. The van der Waals surface area contributed by atoms with Crippen molar-refractivity contribution in [3.8, 4) is 0 Å². The van der Waals surface area contributed by atoms with E-state index in [9.17, 15) is 0 Å². The van der Waals surface area contributed by atoms with Gasteiger partial charge in [0.2, 0.25) is 0 Å². The number of nitrogens with zero attached hydrogens (tertiary/aromatic N) is 2. The van der Waals surface area contributed by atoms with Gasteiger partial charge in [-0.2, -0.15) is 5.10 Å². The fraction of sp³-hybridized carbons (Fsp3) is 0.438. The van der Waals surface area contributed by atoms with E-state index in [-0.39, 0.29) is 0 Å². The highest BCUT2D eigenvalue weighted by Crippen LogP contribution is 2.19. The first-order valence-electron chi connectivity index (χ1n) is 6.89. The number of aromatic nitrogens is 2. The van der Waals surface area contributed by atoms with Crippen LogP contribution in [-0.2, 0) is 19.9 Å². The van der Waals surface area contributed by atoms with Crippen LogP contribution in [0.1, 0.15) is 35.5 Å². The van der Waals surface area contributed by atoms with E-state index < -0.39 is 0 Å². The van der Waals surface area contributed by atoms with Crippen molar-refractivity contribution in [3.05, 3.63) is 52.8 Å². The molecule has 1 unspecified atom stereocenters. The van der Waals surface area contributed by atoms with Gasteiger partial charge in [-0.25, -0.2) is 0 Å². The van der Waals surface area contributed by atoms with Gasteiger partial charge in [0.15, 0.2) is 0 Å². The maximum Gasteiger partial charge on any atom is 0.0625 e. The number of aryl methyl sites for hydroxylation is 3. The zero-order valence-corrected chi connectivity index (χ0v) is 12.3. The Hall–Kier alpha value is -1.61. The molecule has 3 heteroatoms. The Kier molecular flexibility index (Phi) is 4.38. The highest BCUT2D eigenvalue weighted by Gasteiger charge is 2.15. The van der Waals surface area contributed by atoms with Crippen molar-refractivity contribution < 1.29 is 0 Å². The average molecular weight is 257 g/mol. The summed E-state index contributed by atoms with van der Waals surface area (Å²) in [5.74, 6) is 0. The molecule has 1 N–H and O–H groups in total. The number of hydrogen-bond acceptors (Lipinski definition) is 2. The number of likely N-dealkylation sites (N-methyl/N-ethyl adjacent to an activating group) is 1. The van der Waals surface area contributed by atoms with Gasteiger partial charge in [0.25, 0.3) is 0 Å². The summed E-state index contributed by atoms with van der Waals surface area (Å²) in [6.45, 7) is 4.26. The van der Waals surface area contributed by atoms with Gasteiger partial charge in [0, 0.05) is 7.05 Å². The van der Waals surface area contributed by atoms with Crippen LogP contribution in [0.2, 0.25) is 0 Å². The second-order valence-corrected chi connectivity index (χ2v) is 5.07. The maximum absolute atomic E-state index is 4.53. The smallest absolute Gasteiger partial charge is 0.0625 e. The molecule has 0 fully saturated rings. The van der Waals surface area contributed by atoms with E-state index in [4.69, 9.17) is 0 Å². The van der Waals surface area contributed by atoms with E-state index in [1.54, 1.807) is 0 Å². The Morgan fingerprint density at radius 1 is 1.26 bits per heavy atom. The standard InChI is InChI=1S/C16H23N3/c1-5-14-11-16(19(4)18-14)15(17-3)10-13-8-6-12(2)7-9-13/h6-9,11,15,17H,5,10H2,1-4H3. The summed E-state index contributed by atoms with van der Waals surface area (Å²) >= 11 is 0. The summed E-state index contributed by atoms with van der Waals surface area (Å²) in [5.41, 5.74) is 5.06. The molecule has 0 bridgehead atoms. The first-order valence-corrected chi connectivity index (χ1v) is 6.89. The maximum atomic E-state index is 4.53. The van der Waals surface area contributed by atoms with Crippen molar-refractivity contribution in [3.63, 3.8) is 0 Å². The summed E-state index contributed by atoms with van der Waals surface area (Å²) in [6, 6.07) is 11.3. The summed E-state index contributed by atoms with van der Waals surface area (Å²) in [5, 5.41) is 7.93. The lowest BCUT2D eigenvalue weighted by atomic mass is 10.0. The molecule has 1 atom stereocenters. The Labute approximate surface area is 115 Å². The molecule has 2 rings (SSSR count). The summed E-state index contributed by atoms with van der Waals surface area (Å²) < 4.78 is 1.99. The molecule has 3 nitrogen and oxygen atoms in total. The van der Waals surface area contributed by atoms with Crippen LogP contribution in [0.3, 0.4) is 0 Å². The Morgan fingerprint density at radius 3 is 2.47 bits per heavy atom. The Morgan fingerprint density at radius 2 is 1.95 bits per heavy atom. The first kappa shape index (κ1) is 13.8. The third-order valence-electron chi connectivity index (χ3n) is 3.59. The molecule has 1 aromatic heterocycles. The molecule has 0 spiro atoms. The molecule has 0 aliphatic carbocycles. The van der Waals surface area contributed by atoms with E-state index in [0.29, 0.717) is 6.04 Å². The van der Waals surface area contributed by atoms with Crippen molar-refractivity contribution in [2.75, 3.05) is 7.05 Å². The molecule has 0 saturated heterocycles. The lowest BCUT2D eigenvalue weighted by Gasteiger charge is -2.16. The summed E-state index contributed by atoms with van der Waals surface area (Å²) in [7, 11) is 4.03. The van der Waals surface area contributed by atoms with Gasteiger partial charge in [-0.15, -0.1) is 0 Å². The highest BCUT2D eigenvalue weighted by atomic mass is 15.3. The van der Waals surface area contributed by atoms with E-state index in [1.807, 2.05) is 18.8 Å². The van der Waals surface area contributed by atoms with E-state index in [2.05, 4.69) is 54.6 Å². The average Bonchev–Trinajstić information content (AvgIpc) is 2.79. The molecule has 19 heavy (non-hydrogen) atoms. The zero-order chi connectivity index (χ0) is 13.8. The van der Waals surface area contributed by atoms with Crippen molar-refractivity contribution in [1.82, 2.24) is 15.1 Å². The van der Waals surface area contributed by atoms with Crippen LogP contribution < -0.4 is 5.32 Å². The lowest BCUT2D eigenvalue weighted by molar-refractivity contribution is 0.536. The normalized spacial score (nSPS) is 12.6. The first-order chi connectivity index (χ1) is 9.13. The Balaban J connectivity index is 2.19. The molecule has 102 valence electrons. The number of hydrogen-bond donors (Lipinski definition) is 1. The molecule has 2 aromatic rings. The second-order valence-electron chi connectivity index (χ2n) is 5.07. The molecule has 0 amide bonds. The van der Waals surface area contributed by atoms with Crippen LogP contribution in [0, 0.1) is 6.92 Å². The van der Waals surface area contributed by atoms with Crippen LogP contribution in [-0.4, -0.2) is 16.8 Å². The minimum Gasteiger partial charge on any atom is -0.311 e. The largest absolute Gasteiger partial charge is 0.311 e. The van der Waals surface area contributed by atoms with Crippen LogP contribution in [0.15, 0.2) is 30.3 Å². The van der Waals surface area contributed by atoms with Crippen molar-refractivity contribution >= 4 is 0 Å². The summed E-state index contributed by atoms with van der Waals surface area (Å²) in [6.07, 6.45) is 1.97. The molecule has 0 aliphatic heterocycles. The molecule has 1 aromatic carbocycles. The monoisotopic (exact) mass is 257 g/mol. The lowest BCUT2D eigenvalue weighted by Crippen LogP contribution is -2.21. The molecule has 0 radical (unpaired) electrons.